The van der Waals surface area contributed by atoms with E-state index in [4.69, 9.17) is 33.0 Å². The van der Waals surface area contributed by atoms with E-state index in [9.17, 15) is 9.59 Å². The number of aliphatic carboxylic acids is 1. The van der Waals surface area contributed by atoms with E-state index in [0.717, 1.165) is 0 Å². The Balaban J connectivity index is 2.69. The molecule has 0 aliphatic carbocycles. The molecule has 0 aliphatic rings. The fourth-order valence-corrected chi connectivity index (χ4v) is 2.27. The minimum Gasteiger partial charge on any atom is -0.481 e. The van der Waals surface area contributed by atoms with Gasteiger partial charge in [-0.3, -0.25) is 9.59 Å². The lowest BCUT2D eigenvalue weighted by molar-refractivity contribution is -0.140. The van der Waals surface area contributed by atoms with Crippen LogP contribution in [0.1, 0.15) is 20.3 Å². The molecule has 1 aromatic rings. The molecule has 7 heteroatoms. The molecule has 21 heavy (non-hydrogen) atoms. The van der Waals surface area contributed by atoms with Crippen LogP contribution in [0, 0.1) is 0 Å². The molecule has 0 radical (unpaired) electrons. The summed E-state index contributed by atoms with van der Waals surface area (Å²) in [5.74, 6) is -0.839. The first kappa shape index (κ1) is 17.6. The number of carboxylic acid groups (broad SMARTS) is 1. The third-order valence-electron chi connectivity index (χ3n) is 2.79. The minimum absolute atomic E-state index is 0.102. The number of hydrogen-bond donors (Lipinski definition) is 1. The summed E-state index contributed by atoms with van der Waals surface area (Å²) >= 11 is 11.7. The number of nitrogens with zero attached hydrogens (tertiary/aromatic N) is 1. The summed E-state index contributed by atoms with van der Waals surface area (Å²) in [5, 5.41) is 9.50. The largest absolute Gasteiger partial charge is 0.481 e. The van der Waals surface area contributed by atoms with Crippen molar-refractivity contribution in [3.05, 3.63) is 28.2 Å². The quantitative estimate of drug-likeness (QED) is 0.832. The van der Waals surface area contributed by atoms with E-state index in [-0.39, 0.29) is 18.9 Å². The third kappa shape index (κ3) is 5.81. The van der Waals surface area contributed by atoms with Crippen LogP contribution in [0.5, 0.6) is 5.75 Å². The molecule has 0 saturated heterocycles. The molecule has 116 valence electrons. The average molecular weight is 334 g/mol. The molecule has 0 fully saturated rings. The number of benzene rings is 1. The van der Waals surface area contributed by atoms with Crippen molar-refractivity contribution in [1.82, 2.24) is 4.90 Å². The number of likely N-dealkylation sites (N-methyl/N-ethyl adjacent to an activating group) is 1. The molecule has 1 amide bonds. The molecule has 1 rings (SSSR count). The summed E-state index contributed by atoms with van der Waals surface area (Å²) in [4.78, 5) is 24.2. The molecule has 0 saturated carbocycles. The number of hydrogen-bond acceptors (Lipinski definition) is 3. The van der Waals surface area contributed by atoms with Crippen LogP contribution in [0.25, 0.3) is 0 Å². The predicted molar refractivity (Wildman–Crippen MR) is 81.1 cm³/mol. The Morgan fingerprint density at radius 2 is 1.86 bits per heavy atom. The van der Waals surface area contributed by atoms with E-state index in [1.807, 2.05) is 0 Å². The van der Waals surface area contributed by atoms with Gasteiger partial charge >= 0.3 is 5.97 Å². The lowest BCUT2D eigenvalue weighted by Crippen LogP contribution is -2.41. The number of rotatable bonds is 7. The van der Waals surface area contributed by atoms with E-state index in [1.54, 1.807) is 32.0 Å². The van der Waals surface area contributed by atoms with Gasteiger partial charge in [-0.2, -0.15) is 0 Å². The van der Waals surface area contributed by atoms with Crippen LogP contribution in [0.3, 0.4) is 0 Å². The SMILES string of the molecule is CCN(CCC(=O)O)C(=O)C(C)Oc1cc(Cl)cc(Cl)c1. The van der Waals surface area contributed by atoms with Crippen molar-refractivity contribution in [3.63, 3.8) is 0 Å². The number of ether oxygens (including phenoxy) is 1. The zero-order valence-electron chi connectivity index (χ0n) is 11.8. The molecule has 0 aromatic heterocycles. The van der Waals surface area contributed by atoms with Crippen molar-refractivity contribution in [2.75, 3.05) is 13.1 Å². The van der Waals surface area contributed by atoms with E-state index in [2.05, 4.69) is 0 Å². The van der Waals surface area contributed by atoms with Gasteiger partial charge in [0.25, 0.3) is 5.91 Å². The number of amides is 1. The normalized spacial score (nSPS) is 11.8. The highest BCUT2D eigenvalue weighted by Gasteiger charge is 2.21. The lowest BCUT2D eigenvalue weighted by Gasteiger charge is -2.24. The lowest BCUT2D eigenvalue weighted by atomic mass is 10.3. The van der Waals surface area contributed by atoms with Crippen molar-refractivity contribution >= 4 is 35.1 Å². The maximum Gasteiger partial charge on any atom is 0.305 e. The maximum atomic E-state index is 12.2. The molecule has 5 nitrogen and oxygen atoms in total. The minimum atomic E-state index is -0.948. The molecule has 1 atom stereocenters. The van der Waals surface area contributed by atoms with Gasteiger partial charge in [-0.15, -0.1) is 0 Å². The number of carbonyl (C=O) groups excluding carboxylic acids is 1. The molecular formula is C14H17Cl2NO4. The second kappa shape index (κ2) is 8.10. The molecule has 0 bridgehead atoms. The first-order valence-corrected chi connectivity index (χ1v) is 7.22. The second-order valence-electron chi connectivity index (χ2n) is 4.43. The van der Waals surface area contributed by atoms with Crippen molar-refractivity contribution in [2.24, 2.45) is 0 Å². The van der Waals surface area contributed by atoms with E-state index < -0.39 is 12.1 Å². The Morgan fingerprint density at radius 1 is 1.29 bits per heavy atom. The zero-order chi connectivity index (χ0) is 16.0. The van der Waals surface area contributed by atoms with E-state index in [0.29, 0.717) is 22.3 Å². The van der Waals surface area contributed by atoms with Crippen LogP contribution in [-0.4, -0.2) is 41.1 Å². The van der Waals surface area contributed by atoms with Crippen LogP contribution in [-0.2, 0) is 9.59 Å². The number of halogens is 2. The highest BCUT2D eigenvalue weighted by molar-refractivity contribution is 6.34. The Labute approximate surface area is 133 Å². The first-order valence-electron chi connectivity index (χ1n) is 6.46. The summed E-state index contributed by atoms with van der Waals surface area (Å²) in [5.41, 5.74) is 0. The van der Waals surface area contributed by atoms with Gasteiger partial charge in [0.1, 0.15) is 5.75 Å². The summed E-state index contributed by atoms with van der Waals surface area (Å²) in [6.07, 6.45) is -0.858. The topological polar surface area (TPSA) is 66.8 Å². The molecule has 0 heterocycles. The molecule has 1 N–H and O–H groups in total. The molecular weight excluding hydrogens is 317 g/mol. The van der Waals surface area contributed by atoms with Gasteiger partial charge in [-0.05, 0) is 32.0 Å². The van der Waals surface area contributed by atoms with Crippen molar-refractivity contribution in [2.45, 2.75) is 26.4 Å². The summed E-state index contributed by atoms with van der Waals surface area (Å²) in [6, 6.07) is 4.68. The molecule has 1 unspecified atom stereocenters. The van der Waals surface area contributed by atoms with Crippen molar-refractivity contribution in [3.8, 4) is 5.75 Å². The van der Waals surface area contributed by atoms with Crippen molar-refractivity contribution < 1.29 is 19.4 Å². The Kier molecular flexibility index (Phi) is 6.78. The second-order valence-corrected chi connectivity index (χ2v) is 5.30. The number of carbonyl (C=O) groups is 2. The summed E-state index contributed by atoms with van der Waals surface area (Å²) in [6.45, 7) is 3.94. The predicted octanol–water partition coefficient (Wildman–Crippen LogP) is 3.08. The summed E-state index contributed by atoms with van der Waals surface area (Å²) in [7, 11) is 0. The molecule has 1 aromatic carbocycles. The first-order chi connectivity index (χ1) is 9.83. The van der Waals surface area contributed by atoms with Crippen LogP contribution in [0.15, 0.2) is 18.2 Å². The molecule has 0 spiro atoms. The highest BCUT2D eigenvalue weighted by atomic mass is 35.5. The van der Waals surface area contributed by atoms with Gasteiger partial charge in [0.2, 0.25) is 0 Å². The van der Waals surface area contributed by atoms with E-state index in [1.165, 1.54) is 4.90 Å². The van der Waals surface area contributed by atoms with Gasteiger partial charge in [0.05, 0.1) is 6.42 Å². The van der Waals surface area contributed by atoms with Crippen LogP contribution >= 0.6 is 23.2 Å². The maximum absolute atomic E-state index is 12.2. The fraction of sp³-hybridized carbons (Fsp3) is 0.429. The van der Waals surface area contributed by atoms with Crippen LogP contribution in [0.2, 0.25) is 10.0 Å². The van der Waals surface area contributed by atoms with Gasteiger partial charge in [0, 0.05) is 23.1 Å². The van der Waals surface area contributed by atoms with Crippen LogP contribution < -0.4 is 4.74 Å². The third-order valence-corrected chi connectivity index (χ3v) is 3.22. The smallest absolute Gasteiger partial charge is 0.305 e. The number of carboxylic acids is 1. The highest BCUT2D eigenvalue weighted by Crippen LogP contribution is 2.25. The Bertz CT molecular complexity index is 501. The average Bonchev–Trinajstić information content (AvgIpc) is 2.37. The monoisotopic (exact) mass is 333 g/mol. The van der Waals surface area contributed by atoms with Gasteiger partial charge in [0.15, 0.2) is 6.10 Å². The van der Waals surface area contributed by atoms with Gasteiger partial charge in [-0.1, -0.05) is 23.2 Å². The van der Waals surface area contributed by atoms with Crippen molar-refractivity contribution in [1.29, 1.82) is 0 Å². The standard InChI is InChI=1S/C14H17Cl2NO4/c1-3-17(5-4-13(18)19)14(20)9(2)21-12-7-10(15)6-11(16)8-12/h6-9H,3-5H2,1-2H3,(H,18,19). The van der Waals surface area contributed by atoms with Gasteiger partial charge in [-0.25, -0.2) is 0 Å². The van der Waals surface area contributed by atoms with Crippen LogP contribution in [0.4, 0.5) is 0 Å². The Hall–Kier alpha value is -1.46. The Morgan fingerprint density at radius 3 is 2.33 bits per heavy atom. The summed E-state index contributed by atoms with van der Waals surface area (Å²) < 4.78 is 5.52. The molecule has 0 aliphatic heterocycles. The van der Waals surface area contributed by atoms with Gasteiger partial charge < -0.3 is 14.7 Å². The van der Waals surface area contributed by atoms with E-state index >= 15 is 0 Å². The zero-order valence-corrected chi connectivity index (χ0v) is 13.3. The fourth-order valence-electron chi connectivity index (χ4n) is 1.76.